The number of hydrogen-bond donors (Lipinski definition) is 1. The maximum absolute atomic E-state index is 12.7. The second-order valence-electron chi connectivity index (χ2n) is 6.66. The minimum Gasteiger partial charge on any atom is -0.493 e. The standard InChI is InChI=1S/C23H23NO7S2/c1-4-30-23(27)21-16(15-5-6-17(28-2)18(10-15)29-3)13-33-22(21)24-19(25)11-31-20(26)9-14-7-8-32-12-14/h5-8,10,12-13H,4,9,11H2,1-3H3,(H,24,25). The first kappa shape index (κ1) is 24.3. The Kier molecular flexibility index (Phi) is 8.45. The Morgan fingerprint density at radius 3 is 2.45 bits per heavy atom. The number of hydrogen-bond acceptors (Lipinski definition) is 9. The first-order valence-electron chi connectivity index (χ1n) is 9.94. The third kappa shape index (κ3) is 6.11. The molecule has 0 saturated carbocycles. The van der Waals surface area contributed by atoms with Gasteiger partial charge >= 0.3 is 11.9 Å². The molecule has 33 heavy (non-hydrogen) atoms. The van der Waals surface area contributed by atoms with Crippen LogP contribution < -0.4 is 14.8 Å². The molecule has 0 unspecified atom stereocenters. The molecule has 8 nitrogen and oxygen atoms in total. The number of ether oxygens (including phenoxy) is 4. The van der Waals surface area contributed by atoms with E-state index in [9.17, 15) is 14.4 Å². The van der Waals surface area contributed by atoms with Crippen molar-refractivity contribution in [2.75, 3.05) is 32.8 Å². The molecule has 0 aliphatic carbocycles. The summed E-state index contributed by atoms with van der Waals surface area (Å²) in [6.45, 7) is 1.41. The minimum absolute atomic E-state index is 0.0906. The number of carbonyl (C=O) groups is 3. The Labute approximate surface area is 199 Å². The topological polar surface area (TPSA) is 100 Å². The number of amides is 1. The van der Waals surface area contributed by atoms with Crippen LogP contribution in [0.3, 0.4) is 0 Å². The number of benzene rings is 1. The lowest BCUT2D eigenvalue weighted by Gasteiger charge is -2.11. The quantitative estimate of drug-likeness (QED) is 0.422. The smallest absolute Gasteiger partial charge is 0.341 e. The van der Waals surface area contributed by atoms with Crippen molar-refractivity contribution in [3.63, 3.8) is 0 Å². The molecule has 0 saturated heterocycles. The molecular weight excluding hydrogens is 466 g/mol. The minimum atomic E-state index is -0.576. The van der Waals surface area contributed by atoms with Crippen molar-refractivity contribution in [2.45, 2.75) is 13.3 Å². The Hall–Kier alpha value is -3.37. The third-order valence-corrected chi connectivity index (χ3v) is 6.14. The molecule has 0 radical (unpaired) electrons. The average Bonchev–Trinajstić information content (AvgIpc) is 3.47. The van der Waals surface area contributed by atoms with Gasteiger partial charge in [0.1, 0.15) is 10.6 Å². The lowest BCUT2D eigenvalue weighted by atomic mass is 10.0. The maximum Gasteiger partial charge on any atom is 0.341 e. The number of rotatable bonds is 10. The summed E-state index contributed by atoms with van der Waals surface area (Å²) in [5.74, 6) is -0.592. The van der Waals surface area contributed by atoms with Gasteiger partial charge in [-0.25, -0.2) is 4.79 Å². The van der Waals surface area contributed by atoms with Gasteiger partial charge in [0.05, 0.1) is 27.2 Å². The maximum atomic E-state index is 12.7. The fourth-order valence-electron chi connectivity index (χ4n) is 2.99. The zero-order chi connectivity index (χ0) is 23.8. The van der Waals surface area contributed by atoms with Crippen molar-refractivity contribution in [2.24, 2.45) is 0 Å². The number of thiophene rings is 2. The van der Waals surface area contributed by atoms with E-state index in [1.807, 2.05) is 16.8 Å². The molecule has 3 aromatic rings. The predicted octanol–water partition coefficient (Wildman–Crippen LogP) is 4.39. The number of esters is 2. The summed E-state index contributed by atoms with van der Waals surface area (Å²) >= 11 is 2.65. The summed E-state index contributed by atoms with van der Waals surface area (Å²) in [4.78, 5) is 37.1. The monoisotopic (exact) mass is 489 g/mol. The van der Waals surface area contributed by atoms with E-state index in [0.717, 1.165) is 5.56 Å². The van der Waals surface area contributed by atoms with Crippen LogP contribution in [-0.2, 0) is 25.5 Å². The summed E-state index contributed by atoms with van der Waals surface area (Å²) in [5, 5.41) is 8.40. The van der Waals surface area contributed by atoms with Crippen LogP contribution in [0.1, 0.15) is 22.8 Å². The zero-order valence-electron chi connectivity index (χ0n) is 18.3. The van der Waals surface area contributed by atoms with Gasteiger partial charge in [0.2, 0.25) is 0 Å². The van der Waals surface area contributed by atoms with Crippen LogP contribution in [0.2, 0.25) is 0 Å². The van der Waals surface area contributed by atoms with Crippen LogP contribution in [0.15, 0.2) is 40.4 Å². The molecule has 0 atom stereocenters. The molecule has 1 amide bonds. The van der Waals surface area contributed by atoms with Gasteiger partial charge in [-0.1, -0.05) is 6.07 Å². The average molecular weight is 490 g/mol. The molecule has 1 N–H and O–H groups in total. The van der Waals surface area contributed by atoms with Gasteiger partial charge in [0, 0.05) is 10.9 Å². The normalized spacial score (nSPS) is 10.4. The van der Waals surface area contributed by atoms with Crippen molar-refractivity contribution >= 4 is 45.5 Å². The van der Waals surface area contributed by atoms with Crippen LogP contribution in [-0.4, -0.2) is 45.3 Å². The van der Waals surface area contributed by atoms with E-state index in [0.29, 0.717) is 27.6 Å². The van der Waals surface area contributed by atoms with Gasteiger partial charge in [-0.3, -0.25) is 9.59 Å². The zero-order valence-corrected chi connectivity index (χ0v) is 20.0. The van der Waals surface area contributed by atoms with E-state index in [1.165, 1.54) is 36.9 Å². The highest BCUT2D eigenvalue weighted by Crippen LogP contribution is 2.39. The Balaban J connectivity index is 1.78. The van der Waals surface area contributed by atoms with Crippen LogP contribution in [0.25, 0.3) is 11.1 Å². The molecule has 1 aromatic carbocycles. The SMILES string of the molecule is CCOC(=O)c1c(-c2ccc(OC)c(OC)c2)csc1NC(=O)COC(=O)Cc1ccsc1. The number of nitrogens with one attached hydrogen (secondary N) is 1. The Bertz CT molecular complexity index is 1120. The van der Waals surface area contributed by atoms with E-state index in [1.54, 1.807) is 30.5 Å². The van der Waals surface area contributed by atoms with Crippen molar-refractivity contribution < 1.29 is 33.3 Å². The van der Waals surface area contributed by atoms with Crippen LogP contribution in [0, 0.1) is 0 Å². The largest absolute Gasteiger partial charge is 0.493 e. The Morgan fingerprint density at radius 2 is 1.79 bits per heavy atom. The number of methoxy groups -OCH3 is 2. The number of anilines is 1. The second kappa shape index (κ2) is 11.5. The molecule has 2 aromatic heterocycles. The number of carbonyl (C=O) groups excluding carboxylic acids is 3. The summed E-state index contributed by atoms with van der Waals surface area (Å²) in [7, 11) is 3.06. The van der Waals surface area contributed by atoms with Crippen LogP contribution >= 0.6 is 22.7 Å². The van der Waals surface area contributed by atoms with Crippen molar-refractivity contribution in [3.05, 3.63) is 51.5 Å². The molecule has 0 aliphatic rings. The lowest BCUT2D eigenvalue weighted by molar-refractivity contribution is -0.146. The summed E-state index contributed by atoms with van der Waals surface area (Å²) in [6, 6.07) is 7.07. The van der Waals surface area contributed by atoms with E-state index in [2.05, 4.69) is 5.32 Å². The molecule has 0 aliphatic heterocycles. The van der Waals surface area contributed by atoms with Gasteiger partial charge in [0.15, 0.2) is 18.1 Å². The molecule has 0 spiro atoms. The highest BCUT2D eigenvalue weighted by Gasteiger charge is 2.24. The summed E-state index contributed by atoms with van der Waals surface area (Å²) in [6.07, 6.45) is 0.0906. The van der Waals surface area contributed by atoms with E-state index in [4.69, 9.17) is 18.9 Å². The lowest BCUT2D eigenvalue weighted by Crippen LogP contribution is -2.22. The van der Waals surface area contributed by atoms with E-state index < -0.39 is 24.5 Å². The van der Waals surface area contributed by atoms with Gasteiger partial charge in [0.25, 0.3) is 5.91 Å². The van der Waals surface area contributed by atoms with Crippen molar-refractivity contribution in [1.29, 1.82) is 0 Å². The van der Waals surface area contributed by atoms with E-state index in [-0.39, 0.29) is 18.6 Å². The molecule has 3 rings (SSSR count). The first-order chi connectivity index (χ1) is 16.0. The van der Waals surface area contributed by atoms with Gasteiger partial charge in [-0.05, 0) is 47.0 Å². The Morgan fingerprint density at radius 1 is 1.00 bits per heavy atom. The molecule has 10 heteroatoms. The highest BCUT2D eigenvalue weighted by atomic mass is 32.1. The molecule has 2 heterocycles. The highest BCUT2D eigenvalue weighted by molar-refractivity contribution is 7.15. The summed E-state index contributed by atoms with van der Waals surface area (Å²) < 4.78 is 20.9. The van der Waals surface area contributed by atoms with Crippen molar-refractivity contribution in [3.8, 4) is 22.6 Å². The fourth-order valence-corrected chi connectivity index (χ4v) is 4.63. The van der Waals surface area contributed by atoms with Crippen molar-refractivity contribution in [1.82, 2.24) is 0 Å². The van der Waals surface area contributed by atoms with Gasteiger partial charge in [-0.15, -0.1) is 11.3 Å². The second-order valence-corrected chi connectivity index (χ2v) is 8.32. The summed E-state index contributed by atoms with van der Waals surface area (Å²) in [5.41, 5.74) is 2.30. The molecular formula is C23H23NO7S2. The van der Waals surface area contributed by atoms with E-state index >= 15 is 0 Å². The first-order valence-corrected chi connectivity index (χ1v) is 11.8. The van der Waals surface area contributed by atoms with Gasteiger partial charge in [-0.2, -0.15) is 11.3 Å². The predicted molar refractivity (Wildman–Crippen MR) is 126 cm³/mol. The molecule has 0 fully saturated rings. The van der Waals surface area contributed by atoms with Crippen LogP contribution in [0.5, 0.6) is 11.5 Å². The van der Waals surface area contributed by atoms with Crippen LogP contribution in [0.4, 0.5) is 5.00 Å². The van der Waals surface area contributed by atoms with Gasteiger partial charge < -0.3 is 24.3 Å². The molecule has 0 bridgehead atoms. The molecule has 174 valence electrons. The fraction of sp³-hybridized carbons (Fsp3) is 0.261. The third-order valence-electron chi connectivity index (χ3n) is 4.51.